The summed E-state index contributed by atoms with van der Waals surface area (Å²) in [5.74, 6) is 4.00. The fourth-order valence-electron chi connectivity index (χ4n) is 4.68. The fraction of sp³-hybridized carbons (Fsp3) is 0.379. The zero-order valence-electron chi connectivity index (χ0n) is 22.8. The molecule has 2 aromatic carbocycles. The van der Waals surface area contributed by atoms with Crippen molar-refractivity contribution in [1.82, 2.24) is 9.97 Å². The summed E-state index contributed by atoms with van der Waals surface area (Å²) in [5, 5.41) is 5.83. The lowest BCUT2D eigenvalue weighted by Gasteiger charge is -2.29. The third-order valence-electron chi connectivity index (χ3n) is 6.77. The number of anilines is 4. The van der Waals surface area contributed by atoms with Gasteiger partial charge in [-0.25, -0.2) is 14.8 Å². The Morgan fingerprint density at radius 2 is 1.48 bits per heavy atom. The Labute approximate surface area is 238 Å². The number of rotatable bonds is 6. The predicted molar refractivity (Wildman–Crippen MR) is 158 cm³/mol. The smallest absolute Gasteiger partial charge is 0.373 e. The number of amides is 2. The van der Waals surface area contributed by atoms with E-state index in [9.17, 15) is 4.79 Å². The van der Waals surface area contributed by atoms with Gasteiger partial charge in [0.05, 0.1) is 13.2 Å². The van der Waals surface area contributed by atoms with Crippen molar-refractivity contribution >= 4 is 46.8 Å². The van der Waals surface area contributed by atoms with Gasteiger partial charge in [0.15, 0.2) is 5.82 Å². The molecule has 5 rings (SSSR count). The van der Waals surface area contributed by atoms with Crippen LogP contribution in [0.25, 0.3) is 11.4 Å². The summed E-state index contributed by atoms with van der Waals surface area (Å²) in [6, 6.07) is 15.4. The number of ether oxygens (including phenoxy) is 1. The van der Waals surface area contributed by atoms with E-state index in [4.69, 9.17) is 24.3 Å². The van der Waals surface area contributed by atoms with Crippen LogP contribution in [0.3, 0.4) is 0 Å². The van der Waals surface area contributed by atoms with Crippen LogP contribution in [0.15, 0.2) is 48.5 Å². The monoisotopic (exact) mass is 562 g/mol. The Hall–Kier alpha value is -3.92. The lowest BCUT2D eigenvalue weighted by molar-refractivity contribution is -0.191. The first-order valence-electron chi connectivity index (χ1n) is 13.3. The average molecular weight is 563 g/mol. The van der Waals surface area contributed by atoms with E-state index >= 15 is 0 Å². The second-order valence-electron chi connectivity index (χ2n) is 9.28. The van der Waals surface area contributed by atoms with Crippen molar-refractivity contribution in [2.24, 2.45) is 0 Å². The van der Waals surface area contributed by atoms with E-state index in [1.165, 1.54) is 5.69 Å². The lowest BCUT2D eigenvalue weighted by Crippen LogP contribution is -2.37. The molecule has 2 saturated heterocycles. The highest BCUT2D eigenvalue weighted by Gasteiger charge is 2.19. The Balaban J connectivity index is 0.00000118. The second kappa shape index (κ2) is 14.5. The third kappa shape index (κ3) is 7.59. The number of carbonyl (C=O) groups excluding carboxylic acids is 3. The van der Waals surface area contributed by atoms with Crippen molar-refractivity contribution in [2.45, 2.75) is 20.3 Å². The maximum Gasteiger partial charge on any atom is 0.373 e. The number of carbonyl (C=O) groups is 1. The van der Waals surface area contributed by atoms with Gasteiger partial charge in [-0.15, -0.1) is 0 Å². The number of nitrogens with zero attached hydrogens (tertiary/aromatic N) is 4. The average Bonchev–Trinajstić information content (AvgIpc) is 2.99. The van der Waals surface area contributed by atoms with Crippen LogP contribution >= 0.6 is 11.8 Å². The molecule has 0 atom stereocenters. The number of thioether (sulfide) groups is 1. The summed E-state index contributed by atoms with van der Waals surface area (Å²) in [6.45, 7) is 9.44. The fourth-order valence-corrected chi connectivity index (χ4v) is 5.58. The third-order valence-corrected chi connectivity index (χ3v) is 7.71. The first-order valence-corrected chi connectivity index (χ1v) is 14.5. The molecule has 0 unspecified atom stereocenters. The topological polar surface area (TPSA) is 117 Å². The van der Waals surface area contributed by atoms with Crippen LogP contribution < -0.4 is 20.4 Å². The van der Waals surface area contributed by atoms with E-state index in [0.29, 0.717) is 24.7 Å². The molecule has 0 radical (unpaired) electrons. The van der Waals surface area contributed by atoms with Gasteiger partial charge in [0, 0.05) is 71.6 Å². The van der Waals surface area contributed by atoms with Gasteiger partial charge in [0.1, 0.15) is 5.82 Å². The molecule has 3 aromatic rings. The molecule has 2 aliphatic rings. The molecule has 2 N–H and O–H groups in total. The van der Waals surface area contributed by atoms with Gasteiger partial charge in [-0.3, -0.25) is 0 Å². The summed E-state index contributed by atoms with van der Waals surface area (Å²) in [4.78, 5) is 43.2. The van der Waals surface area contributed by atoms with Gasteiger partial charge in [-0.05, 0) is 61.9 Å². The molecular formula is C29H34N6O4S. The zero-order chi connectivity index (χ0) is 28.3. The number of morpholine rings is 1. The number of urea groups is 1. The summed E-state index contributed by atoms with van der Waals surface area (Å²) in [6.07, 6.45) is 1.09. The van der Waals surface area contributed by atoms with E-state index in [2.05, 4.69) is 46.4 Å². The van der Waals surface area contributed by atoms with E-state index in [1.54, 1.807) is 0 Å². The number of benzene rings is 2. The first-order chi connectivity index (χ1) is 19.5. The minimum atomic E-state index is -0.274. The van der Waals surface area contributed by atoms with Crippen molar-refractivity contribution in [3.8, 4) is 11.4 Å². The molecule has 10 nitrogen and oxygen atoms in total. The maximum absolute atomic E-state index is 12.6. The molecule has 0 spiro atoms. The molecule has 2 fully saturated rings. The van der Waals surface area contributed by atoms with Gasteiger partial charge in [-0.2, -0.15) is 21.4 Å². The normalized spacial score (nSPS) is 14.9. The molecule has 40 heavy (non-hydrogen) atoms. The van der Waals surface area contributed by atoms with Crippen LogP contribution in [0.1, 0.15) is 18.2 Å². The summed E-state index contributed by atoms with van der Waals surface area (Å²) < 4.78 is 5.52. The number of hydrogen-bond acceptors (Lipinski definition) is 9. The Morgan fingerprint density at radius 3 is 2.05 bits per heavy atom. The minimum absolute atomic E-state index is 0.250. The summed E-state index contributed by atoms with van der Waals surface area (Å²) in [7, 11) is 0. The van der Waals surface area contributed by atoms with Crippen LogP contribution in [0, 0.1) is 6.92 Å². The van der Waals surface area contributed by atoms with E-state index < -0.39 is 0 Å². The molecule has 3 heterocycles. The van der Waals surface area contributed by atoms with Gasteiger partial charge in [-0.1, -0.05) is 6.92 Å². The number of aromatic nitrogens is 2. The molecule has 1 aromatic heterocycles. The van der Waals surface area contributed by atoms with Crippen LogP contribution in [0.4, 0.5) is 27.7 Å². The number of nitrogens with one attached hydrogen (secondary N) is 2. The largest absolute Gasteiger partial charge is 0.378 e. The van der Waals surface area contributed by atoms with Crippen LogP contribution in [-0.4, -0.2) is 73.0 Å². The van der Waals surface area contributed by atoms with Gasteiger partial charge in [0.2, 0.25) is 0 Å². The highest BCUT2D eigenvalue weighted by atomic mass is 32.2. The molecule has 210 valence electrons. The Kier molecular flexibility index (Phi) is 10.5. The molecule has 2 amide bonds. The zero-order valence-corrected chi connectivity index (χ0v) is 23.6. The second-order valence-corrected chi connectivity index (χ2v) is 10.5. The van der Waals surface area contributed by atoms with Crippen molar-refractivity contribution in [3.05, 3.63) is 59.8 Å². The van der Waals surface area contributed by atoms with Crippen LogP contribution in [-0.2, 0) is 20.7 Å². The lowest BCUT2D eigenvalue weighted by atomic mass is 10.1. The van der Waals surface area contributed by atoms with Crippen molar-refractivity contribution in [2.75, 3.05) is 71.3 Å². The standard InChI is InChI=1S/C28H34N6O2S.CO2/c1-3-25-20(2)27(34-12-16-36-17-13-34)32-26(31-25)21-4-6-22(7-5-21)29-28(35)30-23-8-10-24(11-9-23)33-14-18-37-19-15-33;2-1-3/h4-11H,3,12-19H2,1-2H3,(H2,29,30,35);. The van der Waals surface area contributed by atoms with E-state index in [0.717, 1.165) is 72.4 Å². The van der Waals surface area contributed by atoms with Crippen molar-refractivity contribution in [3.63, 3.8) is 0 Å². The summed E-state index contributed by atoms with van der Waals surface area (Å²) in [5.41, 5.74) is 5.77. The Bertz CT molecular complexity index is 1300. The van der Waals surface area contributed by atoms with Crippen molar-refractivity contribution in [1.29, 1.82) is 0 Å². The van der Waals surface area contributed by atoms with Crippen LogP contribution in [0.2, 0.25) is 0 Å². The number of hydrogen-bond donors (Lipinski definition) is 2. The predicted octanol–water partition coefficient (Wildman–Crippen LogP) is 4.46. The van der Waals surface area contributed by atoms with Crippen molar-refractivity contribution < 1.29 is 19.1 Å². The minimum Gasteiger partial charge on any atom is -0.378 e. The highest BCUT2D eigenvalue weighted by molar-refractivity contribution is 7.99. The summed E-state index contributed by atoms with van der Waals surface area (Å²) >= 11 is 1.99. The first kappa shape index (κ1) is 29.1. The molecule has 0 saturated carbocycles. The molecule has 0 bridgehead atoms. The van der Waals surface area contributed by atoms with Gasteiger partial charge >= 0.3 is 12.2 Å². The maximum atomic E-state index is 12.6. The SMILES string of the molecule is CCc1nc(-c2ccc(NC(=O)Nc3ccc(N4CCSCC4)cc3)cc2)nc(N2CCOCC2)c1C.O=C=O. The van der Waals surface area contributed by atoms with Gasteiger partial charge in [0.25, 0.3) is 0 Å². The highest BCUT2D eigenvalue weighted by Crippen LogP contribution is 2.27. The van der Waals surface area contributed by atoms with Crippen LogP contribution in [0.5, 0.6) is 0 Å². The molecule has 0 aliphatic carbocycles. The Morgan fingerprint density at radius 1 is 0.900 bits per heavy atom. The van der Waals surface area contributed by atoms with Gasteiger partial charge < -0.3 is 25.2 Å². The quantitative estimate of drug-likeness (QED) is 0.449. The molecule has 11 heteroatoms. The molecular weight excluding hydrogens is 528 g/mol. The van der Waals surface area contributed by atoms with E-state index in [1.807, 2.05) is 48.2 Å². The molecule has 2 aliphatic heterocycles. The van der Waals surface area contributed by atoms with E-state index in [-0.39, 0.29) is 12.2 Å². The number of aryl methyl sites for hydroxylation is 1.